The Bertz CT molecular complexity index is 1240. The Morgan fingerprint density at radius 2 is 1.72 bits per heavy atom. The van der Waals surface area contributed by atoms with Crippen LogP contribution in [0.2, 0.25) is 0 Å². The quantitative estimate of drug-likeness (QED) is 0.280. The fraction of sp³-hybridized carbons (Fsp3) is 0.0833. The summed E-state index contributed by atoms with van der Waals surface area (Å²) in [5.74, 6) is 0.606. The monoisotopic (exact) mass is 494 g/mol. The number of rotatable bonds is 2. The molecule has 0 unspecified atom stereocenters. The second-order valence-corrected chi connectivity index (χ2v) is 6.93. The molecule has 0 amide bonds. The third-order valence-electron chi connectivity index (χ3n) is 5.12. The van der Waals surface area contributed by atoms with Gasteiger partial charge in [0.15, 0.2) is 0 Å². The minimum atomic E-state index is 0. The van der Waals surface area contributed by atoms with Gasteiger partial charge in [-0.05, 0) is 35.4 Å². The fourth-order valence-electron chi connectivity index (χ4n) is 3.69. The second kappa shape index (κ2) is 7.83. The highest BCUT2D eigenvalue weighted by Gasteiger charge is 2.22. The Hall–Kier alpha value is -2.93. The van der Waals surface area contributed by atoms with Gasteiger partial charge in [0.2, 0.25) is 5.58 Å². The van der Waals surface area contributed by atoms with E-state index in [1.807, 2.05) is 42.1 Å². The van der Waals surface area contributed by atoms with Gasteiger partial charge < -0.3 is 9.32 Å². The predicted molar refractivity (Wildman–Crippen MR) is 128 cm³/mol. The molecule has 0 saturated heterocycles. The number of oxazole rings is 1. The SMILES string of the molecule is CN1C(c2ccccc2)=C/C(=C\c2nc3c(ccc[n+]3C)o2)c2ccccc21.I. The molecule has 0 aliphatic carbocycles. The highest BCUT2D eigenvalue weighted by molar-refractivity contribution is 14.0. The van der Waals surface area contributed by atoms with Gasteiger partial charge in [-0.3, -0.25) is 0 Å². The van der Waals surface area contributed by atoms with Crippen molar-refractivity contribution in [1.29, 1.82) is 0 Å². The van der Waals surface area contributed by atoms with E-state index >= 15 is 0 Å². The highest BCUT2D eigenvalue weighted by atomic mass is 127. The molecular weight excluding hydrogens is 473 g/mol. The standard InChI is InChI=1S/C24H20N3O.HI/c1-26-14-8-13-22-24(26)25-23(28-22)16-18-15-21(17-9-4-3-5-10-17)27(2)20-12-7-6-11-19(18)20;/h3-16H,1-2H3;1H/q+1;. The van der Waals surface area contributed by atoms with E-state index in [0.717, 1.165) is 33.8 Å². The van der Waals surface area contributed by atoms with Gasteiger partial charge in [0.05, 0.1) is 13.2 Å². The van der Waals surface area contributed by atoms with Crippen molar-refractivity contribution in [2.75, 3.05) is 11.9 Å². The number of aromatic nitrogens is 2. The number of allylic oxidation sites excluding steroid dienone is 2. The zero-order valence-electron chi connectivity index (χ0n) is 16.2. The van der Waals surface area contributed by atoms with E-state index in [0.29, 0.717) is 5.89 Å². The number of para-hydroxylation sites is 1. The maximum atomic E-state index is 5.98. The molecule has 0 radical (unpaired) electrons. The molecule has 144 valence electrons. The fourth-order valence-corrected chi connectivity index (χ4v) is 3.69. The third-order valence-corrected chi connectivity index (χ3v) is 5.12. The second-order valence-electron chi connectivity index (χ2n) is 6.93. The molecule has 0 fully saturated rings. The molecule has 0 atom stereocenters. The van der Waals surface area contributed by atoms with E-state index in [4.69, 9.17) is 4.42 Å². The van der Waals surface area contributed by atoms with E-state index in [1.165, 1.54) is 5.56 Å². The van der Waals surface area contributed by atoms with Crippen LogP contribution in [0.25, 0.3) is 28.6 Å². The van der Waals surface area contributed by atoms with E-state index < -0.39 is 0 Å². The number of benzene rings is 2. The van der Waals surface area contributed by atoms with Crippen LogP contribution in [-0.2, 0) is 7.05 Å². The van der Waals surface area contributed by atoms with Crippen LogP contribution in [0.4, 0.5) is 5.69 Å². The summed E-state index contributed by atoms with van der Waals surface area (Å²) in [6.45, 7) is 0. The van der Waals surface area contributed by atoms with E-state index in [1.54, 1.807) is 0 Å². The minimum Gasteiger partial charge on any atom is -0.411 e. The lowest BCUT2D eigenvalue weighted by molar-refractivity contribution is -0.646. The molecule has 0 saturated carbocycles. The van der Waals surface area contributed by atoms with Crippen LogP contribution >= 0.6 is 24.0 Å². The van der Waals surface area contributed by atoms with Crippen molar-refractivity contribution < 1.29 is 8.98 Å². The zero-order chi connectivity index (χ0) is 19.1. The van der Waals surface area contributed by atoms with Crippen molar-refractivity contribution in [3.8, 4) is 0 Å². The molecule has 4 aromatic rings. The molecule has 0 bridgehead atoms. The van der Waals surface area contributed by atoms with Crippen molar-refractivity contribution >= 4 is 58.2 Å². The summed E-state index contributed by atoms with van der Waals surface area (Å²) < 4.78 is 7.95. The lowest BCUT2D eigenvalue weighted by Crippen LogP contribution is -2.28. The van der Waals surface area contributed by atoms with Crippen LogP contribution in [0.15, 0.2) is 83.4 Å². The van der Waals surface area contributed by atoms with Crippen LogP contribution in [0.3, 0.4) is 0 Å². The lowest BCUT2D eigenvalue weighted by atomic mass is 9.95. The summed E-state index contributed by atoms with van der Waals surface area (Å²) in [4.78, 5) is 6.90. The first-order valence-corrected chi connectivity index (χ1v) is 9.28. The van der Waals surface area contributed by atoms with Crippen molar-refractivity contribution in [2.45, 2.75) is 0 Å². The van der Waals surface area contributed by atoms with E-state index in [9.17, 15) is 0 Å². The minimum absolute atomic E-state index is 0. The van der Waals surface area contributed by atoms with Crippen LogP contribution < -0.4 is 9.47 Å². The van der Waals surface area contributed by atoms with Gasteiger partial charge in [0, 0.05) is 35.1 Å². The number of fused-ring (bicyclic) bond motifs is 2. The molecule has 2 aromatic heterocycles. The van der Waals surface area contributed by atoms with E-state index in [2.05, 4.69) is 71.5 Å². The summed E-state index contributed by atoms with van der Waals surface area (Å²) in [6, 6.07) is 22.7. The molecule has 3 heterocycles. The predicted octanol–water partition coefficient (Wildman–Crippen LogP) is 5.30. The van der Waals surface area contributed by atoms with Gasteiger partial charge in [0.1, 0.15) is 0 Å². The summed E-state index contributed by atoms with van der Waals surface area (Å²) in [5.41, 5.74) is 7.35. The number of anilines is 1. The largest absolute Gasteiger partial charge is 0.411 e. The maximum absolute atomic E-state index is 5.98. The molecule has 0 N–H and O–H groups in total. The van der Waals surface area contributed by atoms with Gasteiger partial charge in [-0.25, -0.2) is 4.57 Å². The maximum Gasteiger partial charge on any atom is 0.370 e. The van der Waals surface area contributed by atoms with E-state index in [-0.39, 0.29) is 24.0 Å². The first-order valence-electron chi connectivity index (χ1n) is 9.28. The Morgan fingerprint density at radius 3 is 2.52 bits per heavy atom. The van der Waals surface area contributed by atoms with Gasteiger partial charge in [-0.2, -0.15) is 0 Å². The first kappa shape index (κ1) is 19.4. The topological polar surface area (TPSA) is 33.2 Å². The van der Waals surface area contributed by atoms with Crippen molar-refractivity contribution in [3.63, 3.8) is 0 Å². The average Bonchev–Trinajstić information content (AvgIpc) is 3.15. The van der Waals surface area contributed by atoms with Crippen LogP contribution in [0.5, 0.6) is 0 Å². The summed E-state index contributed by atoms with van der Waals surface area (Å²) >= 11 is 0. The van der Waals surface area contributed by atoms with Crippen molar-refractivity contribution in [3.05, 3.63) is 96.0 Å². The Morgan fingerprint density at radius 1 is 0.966 bits per heavy atom. The molecule has 1 aliphatic rings. The number of aryl methyl sites for hydroxylation is 1. The summed E-state index contributed by atoms with van der Waals surface area (Å²) in [6.07, 6.45) is 6.20. The van der Waals surface area contributed by atoms with Gasteiger partial charge >= 0.3 is 11.5 Å². The zero-order valence-corrected chi connectivity index (χ0v) is 18.6. The third kappa shape index (κ3) is 3.46. The Labute approximate surface area is 186 Å². The smallest absolute Gasteiger partial charge is 0.370 e. The molecule has 5 rings (SSSR count). The van der Waals surface area contributed by atoms with Gasteiger partial charge in [-0.1, -0.05) is 48.5 Å². The normalized spacial score (nSPS) is 14.5. The molecule has 4 nitrogen and oxygen atoms in total. The van der Waals surface area contributed by atoms with Crippen molar-refractivity contribution in [1.82, 2.24) is 4.98 Å². The number of nitrogens with zero attached hydrogens (tertiary/aromatic N) is 3. The highest BCUT2D eigenvalue weighted by Crippen LogP contribution is 2.39. The number of pyridine rings is 1. The van der Waals surface area contributed by atoms with Crippen LogP contribution in [0, 0.1) is 0 Å². The van der Waals surface area contributed by atoms with Crippen molar-refractivity contribution in [2.24, 2.45) is 7.05 Å². The van der Waals surface area contributed by atoms with Gasteiger partial charge in [-0.15, -0.1) is 24.0 Å². The molecule has 29 heavy (non-hydrogen) atoms. The Balaban J connectivity index is 0.00000205. The molecular formula is C24H21IN3O+. The van der Waals surface area contributed by atoms with Gasteiger partial charge in [0.25, 0.3) is 0 Å². The molecule has 5 heteroatoms. The summed E-state index contributed by atoms with van der Waals surface area (Å²) in [7, 11) is 4.08. The summed E-state index contributed by atoms with van der Waals surface area (Å²) in [5, 5.41) is 0. The van der Waals surface area contributed by atoms with Crippen LogP contribution in [0.1, 0.15) is 17.0 Å². The molecule has 1 aliphatic heterocycles. The first-order chi connectivity index (χ1) is 13.7. The lowest BCUT2D eigenvalue weighted by Gasteiger charge is -2.30. The average molecular weight is 494 g/mol. The number of halogens is 1. The molecule has 2 aromatic carbocycles. The Kier molecular flexibility index (Phi) is 5.24. The number of hydrogen-bond acceptors (Lipinski definition) is 3. The van der Waals surface area contributed by atoms with Crippen LogP contribution in [-0.4, -0.2) is 12.0 Å². The number of hydrogen-bond donors (Lipinski definition) is 0. The molecule has 0 spiro atoms.